The fraction of sp³-hybridized carbons (Fsp3) is 0.235. The Bertz CT molecular complexity index is 1040. The lowest BCUT2D eigenvalue weighted by molar-refractivity contribution is 0.414. The number of hydrogen-bond acceptors (Lipinski definition) is 4. The molecule has 8 heteroatoms. The van der Waals surface area contributed by atoms with Crippen LogP contribution in [0.5, 0.6) is 5.75 Å². The smallest absolute Gasteiger partial charge is 0.323 e. The minimum Gasteiger partial charge on any atom is -0.497 e. The van der Waals surface area contributed by atoms with E-state index in [1.807, 2.05) is 19.1 Å². The van der Waals surface area contributed by atoms with Gasteiger partial charge in [-0.15, -0.1) is 0 Å². The van der Waals surface area contributed by atoms with Crippen LogP contribution in [0.15, 0.2) is 52.2 Å². The molecule has 3 N–H and O–H groups in total. The van der Waals surface area contributed by atoms with E-state index in [1.54, 1.807) is 25.3 Å². The van der Waals surface area contributed by atoms with Gasteiger partial charge in [-0.1, -0.05) is 19.1 Å². The molecule has 0 unspecified atom stereocenters. The Labute approximate surface area is 145 Å². The van der Waals surface area contributed by atoms with Crippen molar-refractivity contribution in [1.29, 1.82) is 0 Å². The predicted octanol–water partition coefficient (Wildman–Crippen LogP) is 2.29. The van der Waals surface area contributed by atoms with Crippen molar-refractivity contribution in [1.82, 2.24) is 14.7 Å². The topological polar surface area (TPSA) is 104 Å². The summed E-state index contributed by atoms with van der Waals surface area (Å²) in [5.74, 6) is 0.711. The lowest BCUT2D eigenvalue weighted by atomic mass is 10.1. The van der Waals surface area contributed by atoms with Crippen LogP contribution in [0.2, 0.25) is 0 Å². The van der Waals surface area contributed by atoms with Gasteiger partial charge >= 0.3 is 5.69 Å². The van der Waals surface area contributed by atoms with Crippen LogP contribution in [0, 0.1) is 0 Å². The lowest BCUT2D eigenvalue weighted by Crippen LogP contribution is -2.28. The minimum atomic E-state index is -3.73. The summed E-state index contributed by atoms with van der Waals surface area (Å²) < 4.78 is 33.3. The molecule has 0 bridgehead atoms. The molecular formula is C17H19N3O4S. The third-order valence-corrected chi connectivity index (χ3v) is 5.49. The summed E-state index contributed by atoms with van der Waals surface area (Å²) in [6.07, 6.45) is 0.592. The first-order valence-corrected chi connectivity index (χ1v) is 9.29. The zero-order valence-electron chi connectivity index (χ0n) is 13.9. The predicted molar refractivity (Wildman–Crippen MR) is 95.3 cm³/mol. The Morgan fingerprint density at radius 1 is 1.08 bits per heavy atom. The number of nitrogens with one attached hydrogen (secondary N) is 3. The molecule has 0 spiro atoms. The summed E-state index contributed by atoms with van der Waals surface area (Å²) >= 11 is 0. The molecule has 132 valence electrons. The Hall–Kier alpha value is -2.58. The van der Waals surface area contributed by atoms with Crippen molar-refractivity contribution in [2.75, 3.05) is 7.11 Å². The highest BCUT2D eigenvalue weighted by molar-refractivity contribution is 7.89. The van der Waals surface area contributed by atoms with Gasteiger partial charge in [-0.25, -0.2) is 17.9 Å². The second kappa shape index (κ2) is 6.73. The third kappa shape index (κ3) is 3.59. The Morgan fingerprint density at radius 2 is 1.76 bits per heavy atom. The summed E-state index contributed by atoms with van der Waals surface area (Å²) in [5.41, 5.74) is 1.49. The van der Waals surface area contributed by atoms with Gasteiger partial charge in [0.15, 0.2) is 0 Å². The molecule has 0 radical (unpaired) electrons. The SMILES string of the molecule is CC[C@@H](NS(=O)(=O)c1ccc2[nH]c(=O)[nH]c2c1)c1ccc(OC)cc1. The third-order valence-electron chi connectivity index (χ3n) is 4.02. The van der Waals surface area contributed by atoms with Gasteiger partial charge in [-0.05, 0) is 42.3 Å². The number of sulfonamides is 1. The number of benzene rings is 2. The van der Waals surface area contributed by atoms with Crippen LogP contribution in [0.25, 0.3) is 11.0 Å². The van der Waals surface area contributed by atoms with Crippen LogP contribution in [-0.4, -0.2) is 25.5 Å². The Morgan fingerprint density at radius 3 is 2.40 bits per heavy atom. The van der Waals surface area contributed by atoms with Gasteiger partial charge in [-0.3, -0.25) is 0 Å². The van der Waals surface area contributed by atoms with Crippen molar-refractivity contribution >= 4 is 21.1 Å². The van der Waals surface area contributed by atoms with Crippen molar-refractivity contribution in [3.63, 3.8) is 0 Å². The van der Waals surface area contributed by atoms with Gasteiger partial charge in [0.1, 0.15) is 5.75 Å². The summed E-state index contributed by atoms with van der Waals surface area (Å²) in [6, 6.07) is 11.4. The summed E-state index contributed by atoms with van der Waals surface area (Å²) in [4.78, 5) is 16.6. The highest BCUT2D eigenvalue weighted by Gasteiger charge is 2.21. The Kier molecular flexibility index (Phi) is 4.65. The fourth-order valence-corrected chi connectivity index (χ4v) is 3.99. The van der Waals surface area contributed by atoms with Crippen LogP contribution in [0.3, 0.4) is 0 Å². The van der Waals surface area contributed by atoms with E-state index in [1.165, 1.54) is 12.1 Å². The first kappa shape index (κ1) is 17.2. The molecule has 0 aliphatic rings. The van der Waals surface area contributed by atoms with E-state index in [4.69, 9.17) is 4.74 Å². The Balaban J connectivity index is 1.90. The molecule has 0 aliphatic heterocycles. The van der Waals surface area contributed by atoms with Crippen LogP contribution < -0.4 is 15.1 Å². The van der Waals surface area contributed by atoms with Crippen molar-refractivity contribution in [3.8, 4) is 5.75 Å². The van der Waals surface area contributed by atoms with E-state index in [0.717, 1.165) is 5.56 Å². The van der Waals surface area contributed by atoms with Crippen LogP contribution in [0.4, 0.5) is 0 Å². The number of rotatable bonds is 6. The van der Waals surface area contributed by atoms with Crippen molar-refractivity contribution in [2.45, 2.75) is 24.3 Å². The van der Waals surface area contributed by atoms with E-state index < -0.39 is 10.0 Å². The number of fused-ring (bicyclic) bond motifs is 1. The molecule has 3 aromatic rings. The molecule has 0 saturated heterocycles. The molecule has 0 aliphatic carbocycles. The molecule has 1 heterocycles. The number of methoxy groups -OCH3 is 1. The molecule has 0 amide bonds. The van der Waals surface area contributed by atoms with Gasteiger partial charge in [0.25, 0.3) is 0 Å². The standard InChI is InChI=1S/C17H19N3O4S/c1-3-14(11-4-6-12(24-2)7-5-11)20-25(22,23)13-8-9-15-16(10-13)19-17(21)18-15/h4-10,14,20H,3H2,1-2H3,(H2,18,19,21)/t14-/m1/s1. The zero-order valence-corrected chi connectivity index (χ0v) is 14.7. The van der Waals surface area contributed by atoms with Crippen LogP contribution in [0.1, 0.15) is 24.9 Å². The number of aromatic nitrogens is 2. The van der Waals surface area contributed by atoms with Gasteiger partial charge in [0.05, 0.1) is 23.0 Å². The highest BCUT2D eigenvalue weighted by Crippen LogP contribution is 2.23. The minimum absolute atomic E-state index is 0.0993. The van der Waals surface area contributed by atoms with Gasteiger partial charge in [0, 0.05) is 6.04 Å². The molecule has 1 atom stereocenters. The maximum atomic E-state index is 12.7. The molecule has 0 fully saturated rings. The van der Waals surface area contributed by atoms with Gasteiger partial charge in [0.2, 0.25) is 10.0 Å². The molecule has 3 rings (SSSR count). The van der Waals surface area contributed by atoms with E-state index in [-0.39, 0.29) is 16.6 Å². The average molecular weight is 361 g/mol. The fourth-order valence-electron chi connectivity index (χ4n) is 2.66. The number of H-pyrrole nitrogens is 2. The number of hydrogen-bond donors (Lipinski definition) is 3. The zero-order chi connectivity index (χ0) is 18.0. The average Bonchev–Trinajstić information content (AvgIpc) is 2.99. The van der Waals surface area contributed by atoms with Gasteiger partial charge in [-0.2, -0.15) is 0 Å². The molecule has 2 aromatic carbocycles. The molecule has 1 aromatic heterocycles. The first-order chi connectivity index (χ1) is 11.9. The van der Waals surface area contributed by atoms with Crippen LogP contribution >= 0.6 is 0 Å². The lowest BCUT2D eigenvalue weighted by Gasteiger charge is -2.18. The second-order valence-corrected chi connectivity index (χ2v) is 7.36. The van der Waals surface area contributed by atoms with Crippen LogP contribution in [-0.2, 0) is 10.0 Å². The van der Waals surface area contributed by atoms with E-state index in [9.17, 15) is 13.2 Å². The molecular weight excluding hydrogens is 342 g/mol. The summed E-state index contributed by atoms with van der Waals surface area (Å²) in [6.45, 7) is 1.91. The maximum absolute atomic E-state index is 12.7. The van der Waals surface area contributed by atoms with Gasteiger partial charge < -0.3 is 14.7 Å². The van der Waals surface area contributed by atoms with E-state index in [0.29, 0.717) is 23.2 Å². The quantitative estimate of drug-likeness (QED) is 0.626. The number of aromatic amines is 2. The largest absolute Gasteiger partial charge is 0.497 e. The van der Waals surface area contributed by atoms with Crippen molar-refractivity contribution in [2.24, 2.45) is 0 Å². The monoisotopic (exact) mass is 361 g/mol. The second-order valence-electron chi connectivity index (χ2n) is 5.64. The van der Waals surface area contributed by atoms with E-state index in [2.05, 4.69) is 14.7 Å². The molecule has 7 nitrogen and oxygen atoms in total. The molecule has 25 heavy (non-hydrogen) atoms. The van der Waals surface area contributed by atoms with E-state index >= 15 is 0 Å². The summed E-state index contributed by atoms with van der Waals surface area (Å²) in [7, 11) is -2.15. The number of imidazole rings is 1. The van der Waals surface area contributed by atoms with Crippen molar-refractivity contribution < 1.29 is 13.2 Å². The van der Waals surface area contributed by atoms with Crippen molar-refractivity contribution in [3.05, 3.63) is 58.5 Å². The highest BCUT2D eigenvalue weighted by atomic mass is 32.2. The molecule has 0 saturated carbocycles. The number of ether oxygens (including phenoxy) is 1. The summed E-state index contributed by atoms with van der Waals surface area (Å²) in [5, 5.41) is 0. The first-order valence-electron chi connectivity index (χ1n) is 7.81. The maximum Gasteiger partial charge on any atom is 0.323 e. The normalized spacial score (nSPS) is 13.0.